The summed E-state index contributed by atoms with van der Waals surface area (Å²) in [5, 5.41) is 12.3. The number of likely N-dealkylation sites (tertiary alicyclic amines) is 1. The Bertz CT molecular complexity index is 997. The second kappa shape index (κ2) is 8.83. The third-order valence-electron chi connectivity index (χ3n) is 6.79. The predicted molar refractivity (Wildman–Crippen MR) is 136 cm³/mol. The molecule has 1 fully saturated rings. The number of nitrogens with two attached hydrogens (primary N) is 1. The van der Waals surface area contributed by atoms with E-state index in [2.05, 4.69) is 45.1 Å². The van der Waals surface area contributed by atoms with Crippen LogP contribution in [0.2, 0.25) is 18.1 Å². The van der Waals surface area contributed by atoms with Gasteiger partial charge in [-0.15, -0.1) is 0 Å². The molecule has 1 saturated heterocycles. The Balaban J connectivity index is 1.94. The minimum absolute atomic E-state index is 0.00272. The van der Waals surface area contributed by atoms with Gasteiger partial charge in [-0.05, 0) is 57.1 Å². The van der Waals surface area contributed by atoms with Gasteiger partial charge in [-0.2, -0.15) is 0 Å². The van der Waals surface area contributed by atoms with Crippen molar-refractivity contribution < 1.29 is 23.9 Å². The van der Waals surface area contributed by atoms with Crippen LogP contribution in [-0.4, -0.2) is 54.6 Å². The topological polar surface area (TPSA) is 107 Å². The number of carbonyl (C=O) groups is 1. The van der Waals surface area contributed by atoms with E-state index in [1.807, 2.05) is 32.9 Å². The molecule has 0 atom stereocenters. The monoisotopic (exact) mass is 489 g/mol. The SMILES string of the molecule is CC(C)(C)OC(=O)N1CCC2(C=C(O[Si](C)(C)C(C)(C)C)c3cc(/C(N)=N/O)ccc3O2)CC1. The van der Waals surface area contributed by atoms with E-state index in [-0.39, 0.29) is 17.0 Å². The first-order valence-corrected chi connectivity index (χ1v) is 14.7. The lowest BCUT2D eigenvalue weighted by atomic mass is 9.87. The smallest absolute Gasteiger partial charge is 0.410 e. The highest BCUT2D eigenvalue weighted by Crippen LogP contribution is 2.46. The Morgan fingerprint density at radius 1 is 1.18 bits per heavy atom. The molecule has 8 nitrogen and oxygen atoms in total. The molecular weight excluding hydrogens is 450 g/mol. The number of fused-ring (bicyclic) bond motifs is 1. The number of hydrogen-bond acceptors (Lipinski definition) is 6. The van der Waals surface area contributed by atoms with Crippen LogP contribution in [0.3, 0.4) is 0 Å². The van der Waals surface area contributed by atoms with Crippen molar-refractivity contribution in [2.45, 2.75) is 83.7 Å². The van der Waals surface area contributed by atoms with Gasteiger partial charge in [0, 0.05) is 37.6 Å². The van der Waals surface area contributed by atoms with E-state index < -0.39 is 19.5 Å². The number of piperidine rings is 1. The number of ether oxygens (including phenoxy) is 2. The molecule has 0 aromatic heterocycles. The summed E-state index contributed by atoms with van der Waals surface area (Å²) in [6.45, 7) is 17.6. The molecule has 2 aliphatic rings. The zero-order valence-corrected chi connectivity index (χ0v) is 22.7. The summed E-state index contributed by atoms with van der Waals surface area (Å²) in [5.74, 6) is 1.47. The van der Waals surface area contributed by atoms with Gasteiger partial charge in [-0.3, -0.25) is 0 Å². The fraction of sp³-hybridized carbons (Fsp3) is 0.600. The van der Waals surface area contributed by atoms with E-state index in [1.54, 1.807) is 11.0 Å². The molecule has 0 unspecified atom stereocenters. The molecule has 1 spiro atoms. The van der Waals surface area contributed by atoms with Gasteiger partial charge in [0.1, 0.15) is 22.7 Å². The zero-order valence-electron chi connectivity index (χ0n) is 21.7. The number of benzene rings is 1. The van der Waals surface area contributed by atoms with E-state index in [0.717, 1.165) is 11.3 Å². The molecule has 1 aromatic carbocycles. The maximum atomic E-state index is 12.6. The molecule has 0 saturated carbocycles. The molecule has 3 N–H and O–H groups in total. The van der Waals surface area contributed by atoms with Crippen LogP contribution >= 0.6 is 0 Å². The van der Waals surface area contributed by atoms with E-state index in [0.29, 0.717) is 37.2 Å². The average molecular weight is 490 g/mol. The lowest BCUT2D eigenvalue weighted by molar-refractivity contribution is -0.00167. The largest absolute Gasteiger partial charge is 0.543 e. The first-order chi connectivity index (χ1) is 15.6. The summed E-state index contributed by atoms with van der Waals surface area (Å²) < 4.78 is 18.9. The van der Waals surface area contributed by atoms with Gasteiger partial charge in [0.2, 0.25) is 8.32 Å². The fourth-order valence-corrected chi connectivity index (χ4v) is 4.77. The summed E-state index contributed by atoms with van der Waals surface area (Å²) >= 11 is 0. The lowest BCUT2D eigenvalue weighted by Gasteiger charge is -2.44. The molecule has 0 aliphatic carbocycles. The molecule has 2 aliphatic heterocycles. The van der Waals surface area contributed by atoms with Gasteiger partial charge in [0.15, 0.2) is 5.84 Å². The average Bonchev–Trinajstić information content (AvgIpc) is 2.71. The van der Waals surface area contributed by atoms with Gasteiger partial charge >= 0.3 is 6.09 Å². The van der Waals surface area contributed by atoms with Gasteiger partial charge in [-0.1, -0.05) is 25.9 Å². The Morgan fingerprint density at radius 3 is 2.32 bits per heavy atom. The van der Waals surface area contributed by atoms with Crippen molar-refractivity contribution in [3.63, 3.8) is 0 Å². The number of oxime groups is 1. The van der Waals surface area contributed by atoms with Crippen molar-refractivity contribution >= 4 is 26.0 Å². The zero-order chi connectivity index (χ0) is 25.5. The second-order valence-corrected chi connectivity index (χ2v) is 16.4. The summed E-state index contributed by atoms with van der Waals surface area (Å²) in [6, 6.07) is 5.45. The maximum Gasteiger partial charge on any atom is 0.410 e. The Morgan fingerprint density at radius 2 is 1.79 bits per heavy atom. The van der Waals surface area contributed by atoms with Crippen molar-refractivity contribution in [2.24, 2.45) is 10.9 Å². The van der Waals surface area contributed by atoms with Crippen LogP contribution in [0.1, 0.15) is 65.5 Å². The maximum absolute atomic E-state index is 12.6. The highest BCUT2D eigenvalue weighted by atomic mass is 28.4. The lowest BCUT2D eigenvalue weighted by Crippen LogP contribution is -2.51. The normalized spacial score (nSPS) is 18.6. The first kappa shape index (κ1) is 25.9. The highest BCUT2D eigenvalue weighted by Gasteiger charge is 2.44. The van der Waals surface area contributed by atoms with Crippen molar-refractivity contribution in [2.75, 3.05) is 13.1 Å². The molecule has 34 heavy (non-hydrogen) atoms. The van der Waals surface area contributed by atoms with E-state index >= 15 is 0 Å². The number of nitrogens with zero attached hydrogens (tertiary/aromatic N) is 2. The summed E-state index contributed by atoms with van der Waals surface area (Å²) in [4.78, 5) is 14.3. The number of carbonyl (C=O) groups excluding carboxylic acids is 1. The number of rotatable bonds is 3. The van der Waals surface area contributed by atoms with Crippen molar-refractivity contribution in [1.29, 1.82) is 0 Å². The van der Waals surface area contributed by atoms with Gasteiger partial charge in [-0.25, -0.2) is 4.79 Å². The Labute approximate surface area is 203 Å². The number of amides is 1. The van der Waals surface area contributed by atoms with Crippen LogP contribution < -0.4 is 10.5 Å². The summed E-state index contributed by atoms with van der Waals surface area (Å²) in [7, 11) is -2.17. The fourth-order valence-electron chi connectivity index (χ4n) is 3.75. The standard InChI is InChI=1S/C25H39N3O5Si/c1-23(2,3)32-22(29)28-13-11-25(12-14-28)16-20(33-34(7,8)24(4,5)6)18-15-17(21(26)27-30)9-10-19(18)31-25/h9-10,15-16,30H,11-14H2,1-8H3,(H2,26,27). The quantitative estimate of drug-likeness (QED) is 0.196. The molecule has 1 aromatic rings. The number of amidine groups is 1. The van der Waals surface area contributed by atoms with Crippen LogP contribution in [-0.2, 0) is 9.16 Å². The molecule has 0 bridgehead atoms. The molecule has 1 amide bonds. The minimum atomic E-state index is -2.17. The van der Waals surface area contributed by atoms with Crippen LogP contribution in [0.4, 0.5) is 4.79 Å². The molecule has 3 rings (SSSR count). The first-order valence-electron chi connectivity index (χ1n) is 11.8. The Hall–Kier alpha value is -2.68. The molecule has 2 heterocycles. The predicted octanol–water partition coefficient (Wildman–Crippen LogP) is 5.31. The van der Waals surface area contributed by atoms with Crippen molar-refractivity contribution in [3.05, 3.63) is 35.4 Å². The summed E-state index contributed by atoms with van der Waals surface area (Å²) in [6.07, 6.45) is 3.01. The third-order valence-corrected chi connectivity index (χ3v) is 11.1. The van der Waals surface area contributed by atoms with Gasteiger partial charge in [0.05, 0.1) is 5.56 Å². The van der Waals surface area contributed by atoms with Crippen LogP contribution in [0, 0.1) is 0 Å². The van der Waals surface area contributed by atoms with Crippen molar-refractivity contribution in [1.82, 2.24) is 4.90 Å². The van der Waals surface area contributed by atoms with Crippen molar-refractivity contribution in [3.8, 4) is 5.75 Å². The molecular formula is C25H39N3O5Si. The van der Waals surface area contributed by atoms with Crippen LogP contribution in [0.5, 0.6) is 5.75 Å². The molecule has 188 valence electrons. The minimum Gasteiger partial charge on any atom is -0.543 e. The summed E-state index contributed by atoms with van der Waals surface area (Å²) in [5.41, 5.74) is 6.11. The van der Waals surface area contributed by atoms with Crippen LogP contribution in [0.25, 0.3) is 5.76 Å². The van der Waals surface area contributed by atoms with E-state index in [4.69, 9.17) is 24.8 Å². The second-order valence-electron chi connectivity index (χ2n) is 11.7. The molecule has 0 radical (unpaired) electrons. The van der Waals surface area contributed by atoms with E-state index in [1.165, 1.54) is 0 Å². The van der Waals surface area contributed by atoms with Gasteiger partial charge < -0.3 is 29.7 Å². The third kappa shape index (κ3) is 5.51. The highest BCUT2D eigenvalue weighted by molar-refractivity contribution is 6.74. The molecule has 9 heteroatoms. The Kier molecular flexibility index (Phi) is 6.74. The van der Waals surface area contributed by atoms with E-state index in [9.17, 15) is 4.79 Å². The number of hydrogen-bond donors (Lipinski definition) is 2. The van der Waals surface area contributed by atoms with Gasteiger partial charge in [0.25, 0.3) is 0 Å². The van der Waals surface area contributed by atoms with Crippen LogP contribution in [0.15, 0.2) is 29.4 Å².